The first kappa shape index (κ1) is 12.4. The van der Waals surface area contributed by atoms with Crippen LogP contribution in [0, 0.1) is 22.7 Å². The predicted octanol–water partition coefficient (Wildman–Crippen LogP) is 3.91. The lowest BCUT2D eigenvalue weighted by Crippen LogP contribution is -1.92. The molecule has 86 valence electrons. The molecule has 0 aliphatic heterocycles. The van der Waals surface area contributed by atoms with Gasteiger partial charge in [-0.1, -0.05) is 40.2 Å². The molecule has 0 heterocycles. The summed E-state index contributed by atoms with van der Waals surface area (Å²) in [6.45, 7) is 0. The van der Waals surface area contributed by atoms with E-state index < -0.39 is 0 Å². The van der Waals surface area contributed by atoms with E-state index in [0.29, 0.717) is 11.1 Å². The highest BCUT2D eigenvalue weighted by Crippen LogP contribution is 2.30. The summed E-state index contributed by atoms with van der Waals surface area (Å²) in [5.41, 5.74) is 3.47. The van der Waals surface area contributed by atoms with Crippen molar-refractivity contribution in [3.63, 3.8) is 0 Å². The third-order valence-corrected chi connectivity index (χ3v) is 3.72. The van der Waals surface area contributed by atoms with Crippen LogP contribution in [-0.2, 0) is 0 Å². The van der Waals surface area contributed by atoms with Crippen molar-refractivity contribution < 1.29 is 0 Å². The van der Waals surface area contributed by atoms with Crippen molar-refractivity contribution in [1.29, 1.82) is 10.5 Å². The van der Waals surface area contributed by atoms with Gasteiger partial charge in [-0.3, -0.25) is 0 Å². The zero-order valence-corrected chi connectivity index (χ0v) is 11.1. The molecule has 0 unspecified atom stereocenters. The van der Waals surface area contributed by atoms with Gasteiger partial charge in [-0.25, -0.2) is 0 Å². The summed E-state index contributed by atoms with van der Waals surface area (Å²) in [7, 11) is 0. The molecule has 2 aromatic carbocycles. The quantitative estimate of drug-likeness (QED) is 0.789. The third kappa shape index (κ3) is 2.59. The minimum absolute atomic E-state index is 0.0676. The first-order valence-corrected chi connectivity index (χ1v) is 6.30. The van der Waals surface area contributed by atoms with E-state index in [-0.39, 0.29) is 4.83 Å². The highest BCUT2D eigenvalue weighted by Gasteiger charge is 2.09. The van der Waals surface area contributed by atoms with Crippen molar-refractivity contribution >= 4 is 15.9 Å². The van der Waals surface area contributed by atoms with Gasteiger partial charge in [0.25, 0.3) is 0 Å². The number of hydrogen-bond donors (Lipinski definition) is 0. The molecule has 0 aliphatic carbocycles. The van der Waals surface area contributed by atoms with Gasteiger partial charge in [0.2, 0.25) is 0 Å². The first-order chi connectivity index (χ1) is 8.74. The Kier molecular flexibility index (Phi) is 3.77. The van der Waals surface area contributed by atoms with E-state index in [1.165, 1.54) is 0 Å². The number of nitriles is 2. The van der Waals surface area contributed by atoms with Gasteiger partial charge in [-0.2, -0.15) is 10.5 Å². The normalized spacial score (nSPS) is 9.78. The summed E-state index contributed by atoms with van der Waals surface area (Å²) in [4.78, 5) is 0.0676. The van der Waals surface area contributed by atoms with Gasteiger partial charge in [0.05, 0.1) is 28.1 Å². The van der Waals surface area contributed by atoms with Crippen LogP contribution < -0.4 is 0 Å². The van der Waals surface area contributed by atoms with Crippen LogP contribution in [0.4, 0.5) is 0 Å². The summed E-state index contributed by atoms with van der Waals surface area (Å²) in [5.74, 6) is 0. The van der Waals surface area contributed by atoms with Crippen molar-refractivity contribution in [2.75, 3.05) is 0 Å². The fourth-order valence-corrected chi connectivity index (χ4v) is 2.26. The average Bonchev–Trinajstić information content (AvgIpc) is 2.47. The van der Waals surface area contributed by atoms with Crippen molar-refractivity contribution in [1.82, 2.24) is 0 Å². The maximum absolute atomic E-state index is 8.75. The number of rotatable bonds is 2. The molecule has 0 bridgehead atoms. The highest BCUT2D eigenvalue weighted by molar-refractivity contribution is 9.09. The molecule has 2 aromatic rings. The van der Waals surface area contributed by atoms with E-state index in [4.69, 9.17) is 10.5 Å². The summed E-state index contributed by atoms with van der Waals surface area (Å²) < 4.78 is 0. The van der Waals surface area contributed by atoms with Crippen molar-refractivity contribution in [3.8, 4) is 12.1 Å². The molecule has 0 saturated heterocycles. The largest absolute Gasteiger partial charge is 0.192 e. The number of nitrogens with zero attached hydrogens (tertiary/aromatic N) is 2. The first-order valence-electron chi connectivity index (χ1n) is 5.39. The Bertz CT molecular complexity index is 558. The molecule has 0 fully saturated rings. The molecular formula is C15H9BrN2. The summed E-state index contributed by atoms with van der Waals surface area (Å²) in [6, 6.07) is 19.1. The minimum atomic E-state index is 0.0676. The number of hydrogen-bond acceptors (Lipinski definition) is 2. The van der Waals surface area contributed by atoms with E-state index in [1.807, 2.05) is 24.3 Å². The number of halogens is 1. The van der Waals surface area contributed by atoms with Gasteiger partial charge in [0.1, 0.15) is 0 Å². The molecule has 0 spiro atoms. The standard InChI is InChI=1S/C15H9BrN2/c16-15(13-5-1-11(9-17)2-6-13)14-7-3-12(10-18)4-8-14/h1-8,15H. The molecule has 0 aliphatic rings. The monoisotopic (exact) mass is 296 g/mol. The Balaban J connectivity index is 2.27. The Morgan fingerprint density at radius 1 is 0.722 bits per heavy atom. The van der Waals surface area contributed by atoms with Crippen LogP contribution in [-0.4, -0.2) is 0 Å². The average molecular weight is 297 g/mol. The van der Waals surface area contributed by atoms with Crippen LogP contribution >= 0.6 is 15.9 Å². The van der Waals surface area contributed by atoms with Crippen LogP contribution in [0.2, 0.25) is 0 Å². The summed E-state index contributed by atoms with van der Waals surface area (Å²) >= 11 is 3.62. The Morgan fingerprint density at radius 3 is 1.33 bits per heavy atom. The molecule has 0 saturated carbocycles. The van der Waals surface area contributed by atoms with E-state index in [2.05, 4.69) is 28.1 Å². The van der Waals surface area contributed by atoms with E-state index in [0.717, 1.165) is 11.1 Å². The molecule has 0 amide bonds. The zero-order chi connectivity index (χ0) is 13.0. The fraction of sp³-hybridized carbons (Fsp3) is 0.0667. The smallest absolute Gasteiger partial charge is 0.0991 e. The maximum atomic E-state index is 8.75. The van der Waals surface area contributed by atoms with Crippen LogP contribution in [0.15, 0.2) is 48.5 Å². The third-order valence-electron chi connectivity index (χ3n) is 2.66. The number of alkyl halides is 1. The van der Waals surface area contributed by atoms with Gasteiger partial charge >= 0.3 is 0 Å². The summed E-state index contributed by atoms with van der Waals surface area (Å²) in [6.07, 6.45) is 0. The van der Waals surface area contributed by atoms with Crippen LogP contribution in [0.5, 0.6) is 0 Å². The SMILES string of the molecule is N#Cc1ccc(C(Br)c2ccc(C#N)cc2)cc1. The molecule has 0 radical (unpaired) electrons. The van der Waals surface area contributed by atoms with Crippen LogP contribution in [0.25, 0.3) is 0 Å². The fourth-order valence-electron chi connectivity index (χ4n) is 1.65. The Hall–Kier alpha value is -2.10. The van der Waals surface area contributed by atoms with Crippen molar-refractivity contribution in [3.05, 3.63) is 70.8 Å². The lowest BCUT2D eigenvalue weighted by atomic mass is 10.0. The van der Waals surface area contributed by atoms with Crippen molar-refractivity contribution in [2.45, 2.75) is 4.83 Å². The Labute approximate surface area is 114 Å². The molecular weight excluding hydrogens is 288 g/mol. The van der Waals surface area contributed by atoms with Gasteiger partial charge in [-0.05, 0) is 35.4 Å². The van der Waals surface area contributed by atoms with Gasteiger partial charge in [-0.15, -0.1) is 0 Å². The second-order valence-corrected chi connectivity index (χ2v) is 4.75. The molecule has 0 aromatic heterocycles. The van der Waals surface area contributed by atoms with E-state index in [1.54, 1.807) is 24.3 Å². The van der Waals surface area contributed by atoms with Gasteiger partial charge in [0.15, 0.2) is 0 Å². The summed E-state index contributed by atoms with van der Waals surface area (Å²) in [5, 5.41) is 17.5. The predicted molar refractivity (Wildman–Crippen MR) is 73.1 cm³/mol. The lowest BCUT2D eigenvalue weighted by molar-refractivity contribution is 1.17. The topological polar surface area (TPSA) is 47.6 Å². The Morgan fingerprint density at radius 2 is 1.06 bits per heavy atom. The highest BCUT2D eigenvalue weighted by atomic mass is 79.9. The van der Waals surface area contributed by atoms with Crippen LogP contribution in [0.3, 0.4) is 0 Å². The van der Waals surface area contributed by atoms with E-state index in [9.17, 15) is 0 Å². The molecule has 3 heteroatoms. The van der Waals surface area contributed by atoms with Crippen molar-refractivity contribution in [2.24, 2.45) is 0 Å². The maximum Gasteiger partial charge on any atom is 0.0991 e. The van der Waals surface area contributed by atoms with Crippen LogP contribution in [0.1, 0.15) is 27.1 Å². The lowest BCUT2D eigenvalue weighted by Gasteiger charge is -2.10. The number of benzene rings is 2. The second kappa shape index (κ2) is 5.49. The molecule has 18 heavy (non-hydrogen) atoms. The van der Waals surface area contributed by atoms with Gasteiger partial charge in [0, 0.05) is 0 Å². The van der Waals surface area contributed by atoms with E-state index >= 15 is 0 Å². The molecule has 0 N–H and O–H groups in total. The molecule has 2 nitrogen and oxygen atoms in total. The molecule has 0 atom stereocenters. The zero-order valence-electron chi connectivity index (χ0n) is 9.47. The van der Waals surface area contributed by atoms with Gasteiger partial charge < -0.3 is 0 Å². The molecule has 2 rings (SSSR count). The minimum Gasteiger partial charge on any atom is -0.192 e. The second-order valence-electron chi connectivity index (χ2n) is 3.83.